The lowest BCUT2D eigenvalue weighted by Crippen LogP contribution is -2.23. The summed E-state index contributed by atoms with van der Waals surface area (Å²) in [6.45, 7) is 7.92. The van der Waals surface area contributed by atoms with Crippen LogP contribution in [0.5, 0.6) is 5.75 Å². The van der Waals surface area contributed by atoms with E-state index < -0.39 is 0 Å². The van der Waals surface area contributed by atoms with Gasteiger partial charge in [0.25, 0.3) is 0 Å². The first-order valence-corrected chi connectivity index (χ1v) is 9.23. The van der Waals surface area contributed by atoms with Gasteiger partial charge in [-0.05, 0) is 62.7 Å². The Morgan fingerprint density at radius 3 is 2.56 bits per heavy atom. The van der Waals surface area contributed by atoms with Crippen molar-refractivity contribution in [1.82, 2.24) is 4.98 Å². The molecule has 3 rings (SSSR count). The van der Waals surface area contributed by atoms with Crippen LogP contribution in [-0.4, -0.2) is 23.2 Å². The van der Waals surface area contributed by atoms with Crippen LogP contribution in [0.25, 0.3) is 10.9 Å². The lowest BCUT2D eigenvalue weighted by molar-refractivity contribution is 0.474. The predicted molar refractivity (Wildman–Crippen MR) is 109 cm³/mol. The molecular formula is C20H22BrN3O. The summed E-state index contributed by atoms with van der Waals surface area (Å²) in [6.07, 6.45) is 1.80. The van der Waals surface area contributed by atoms with Crippen molar-refractivity contribution in [2.24, 2.45) is 0 Å². The first-order chi connectivity index (χ1) is 12.0. The van der Waals surface area contributed by atoms with Gasteiger partial charge in [0.1, 0.15) is 5.75 Å². The molecule has 0 aliphatic heterocycles. The predicted octanol–water partition coefficient (Wildman–Crippen LogP) is 5.60. The zero-order valence-electron chi connectivity index (χ0n) is 14.7. The SMILES string of the molecule is CCN(CC)c1c(O)ccc(Nc2ccnc3cc(Br)ccc23)c1C. The van der Waals surface area contributed by atoms with Gasteiger partial charge >= 0.3 is 0 Å². The standard InChI is InChI=1S/C20H22BrN3O/c1-4-24(5-2)20-13(3)16(8-9-19(20)25)23-17-10-11-22-18-12-14(21)6-7-15(17)18/h6-12,25H,4-5H2,1-3H3,(H,22,23). The maximum atomic E-state index is 10.3. The molecule has 0 aliphatic rings. The number of phenolic OH excluding ortho intramolecular Hbond substituents is 1. The Balaban J connectivity index is 2.06. The van der Waals surface area contributed by atoms with Gasteiger partial charge in [0.15, 0.2) is 0 Å². The molecule has 25 heavy (non-hydrogen) atoms. The Morgan fingerprint density at radius 1 is 1.08 bits per heavy atom. The number of benzene rings is 2. The highest BCUT2D eigenvalue weighted by Crippen LogP contribution is 2.37. The largest absolute Gasteiger partial charge is 0.506 e. The molecule has 130 valence electrons. The Morgan fingerprint density at radius 2 is 1.84 bits per heavy atom. The van der Waals surface area contributed by atoms with Gasteiger partial charge < -0.3 is 15.3 Å². The average molecular weight is 400 g/mol. The molecule has 0 aliphatic carbocycles. The first kappa shape index (κ1) is 17.5. The monoisotopic (exact) mass is 399 g/mol. The topological polar surface area (TPSA) is 48.4 Å². The van der Waals surface area contributed by atoms with E-state index in [0.717, 1.165) is 51.1 Å². The van der Waals surface area contributed by atoms with E-state index in [2.05, 4.69) is 51.0 Å². The number of halogens is 1. The first-order valence-electron chi connectivity index (χ1n) is 8.44. The molecule has 0 fully saturated rings. The molecule has 0 saturated heterocycles. The third kappa shape index (κ3) is 3.42. The molecule has 0 spiro atoms. The van der Waals surface area contributed by atoms with Crippen LogP contribution < -0.4 is 10.2 Å². The number of anilines is 3. The minimum atomic E-state index is 0.315. The number of pyridine rings is 1. The smallest absolute Gasteiger partial charge is 0.139 e. The van der Waals surface area contributed by atoms with Crippen molar-refractivity contribution in [3.8, 4) is 5.75 Å². The molecule has 0 bridgehead atoms. The van der Waals surface area contributed by atoms with Crippen molar-refractivity contribution < 1.29 is 5.11 Å². The highest BCUT2D eigenvalue weighted by Gasteiger charge is 2.15. The number of fused-ring (bicyclic) bond motifs is 1. The van der Waals surface area contributed by atoms with E-state index in [0.29, 0.717) is 5.75 Å². The maximum absolute atomic E-state index is 10.3. The van der Waals surface area contributed by atoms with Crippen LogP contribution >= 0.6 is 15.9 Å². The number of phenols is 1. The molecule has 2 aromatic carbocycles. The van der Waals surface area contributed by atoms with Gasteiger partial charge in [0.05, 0.1) is 11.2 Å². The number of hydrogen-bond acceptors (Lipinski definition) is 4. The van der Waals surface area contributed by atoms with Gasteiger partial charge in [-0.2, -0.15) is 0 Å². The highest BCUT2D eigenvalue weighted by atomic mass is 79.9. The second kappa shape index (κ2) is 7.31. The third-order valence-electron chi connectivity index (χ3n) is 4.46. The van der Waals surface area contributed by atoms with Crippen molar-refractivity contribution >= 4 is 43.9 Å². The number of aromatic hydroxyl groups is 1. The number of aromatic nitrogens is 1. The lowest BCUT2D eigenvalue weighted by Gasteiger charge is -2.26. The second-order valence-corrected chi connectivity index (χ2v) is 6.84. The van der Waals surface area contributed by atoms with Crippen molar-refractivity contribution in [3.63, 3.8) is 0 Å². The fourth-order valence-electron chi connectivity index (χ4n) is 3.14. The summed E-state index contributed by atoms with van der Waals surface area (Å²) < 4.78 is 1.01. The zero-order valence-corrected chi connectivity index (χ0v) is 16.3. The molecule has 4 nitrogen and oxygen atoms in total. The average Bonchev–Trinajstić information content (AvgIpc) is 2.61. The number of hydrogen-bond donors (Lipinski definition) is 2. The van der Waals surface area contributed by atoms with Crippen LogP contribution in [0.15, 0.2) is 47.1 Å². The molecule has 0 unspecified atom stereocenters. The summed E-state index contributed by atoms with van der Waals surface area (Å²) in [6, 6.07) is 11.7. The Hall–Kier alpha value is -2.27. The van der Waals surface area contributed by atoms with Crippen molar-refractivity contribution in [1.29, 1.82) is 0 Å². The van der Waals surface area contributed by atoms with Crippen LogP contribution in [0.2, 0.25) is 0 Å². The summed E-state index contributed by atoms with van der Waals surface area (Å²) in [5.41, 5.74) is 4.83. The van der Waals surface area contributed by atoms with Crippen LogP contribution in [0.3, 0.4) is 0 Å². The molecule has 0 atom stereocenters. The van der Waals surface area contributed by atoms with Gasteiger partial charge in [-0.1, -0.05) is 15.9 Å². The molecule has 0 radical (unpaired) electrons. The normalized spacial score (nSPS) is 10.9. The Kier molecular flexibility index (Phi) is 5.13. The molecule has 0 amide bonds. The summed E-state index contributed by atoms with van der Waals surface area (Å²) >= 11 is 3.49. The summed E-state index contributed by atoms with van der Waals surface area (Å²) in [5, 5.41) is 14.9. The zero-order chi connectivity index (χ0) is 18.0. The van der Waals surface area contributed by atoms with Crippen molar-refractivity contribution in [2.45, 2.75) is 20.8 Å². The number of nitrogens with one attached hydrogen (secondary N) is 1. The maximum Gasteiger partial charge on any atom is 0.139 e. The van der Waals surface area contributed by atoms with Crippen LogP contribution in [0.1, 0.15) is 19.4 Å². The van der Waals surface area contributed by atoms with Crippen molar-refractivity contribution in [3.05, 3.63) is 52.6 Å². The Bertz CT molecular complexity index is 907. The summed E-state index contributed by atoms with van der Waals surface area (Å²) in [7, 11) is 0. The number of nitrogens with zero attached hydrogens (tertiary/aromatic N) is 2. The van der Waals surface area contributed by atoms with Gasteiger partial charge in [0, 0.05) is 40.5 Å². The van der Waals surface area contributed by atoms with Gasteiger partial charge in [-0.3, -0.25) is 4.98 Å². The van der Waals surface area contributed by atoms with E-state index in [-0.39, 0.29) is 0 Å². The van der Waals surface area contributed by atoms with Crippen LogP contribution in [0.4, 0.5) is 17.1 Å². The Labute approximate surface area is 156 Å². The van der Waals surface area contributed by atoms with E-state index in [1.54, 1.807) is 12.3 Å². The summed E-state index contributed by atoms with van der Waals surface area (Å²) in [4.78, 5) is 6.60. The quantitative estimate of drug-likeness (QED) is 0.548. The van der Waals surface area contributed by atoms with E-state index in [1.165, 1.54) is 0 Å². The highest BCUT2D eigenvalue weighted by molar-refractivity contribution is 9.10. The van der Waals surface area contributed by atoms with E-state index in [9.17, 15) is 5.11 Å². The molecule has 1 aromatic heterocycles. The minimum absolute atomic E-state index is 0.315. The van der Waals surface area contributed by atoms with Crippen LogP contribution in [0, 0.1) is 6.92 Å². The fraction of sp³-hybridized carbons (Fsp3) is 0.250. The van der Waals surface area contributed by atoms with Gasteiger partial charge in [-0.15, -0.1) is 0 Å². The fourth-order valence-corrected chi connectivity index (χ4v) is 3.48. The van der Waals surface area contributed by atoms with Crippen molar-refractivity contribution in [2.75, 3.05) is 23.3 Å². The van der Waals surface area contributed by atoms with Gasteiger partial charge in [0.2, 0.25) is 0 Å². The number of rotatable bonds is 5. The van der Waals surface area contributed by atoms with E-state index >= 15 is 0 Å². The molecule has 1 heterocycles. The molecule has 2 N–H and O–H groups in total. The molecule has 3 aromatic rings. The lowest BCUT2D eigenvalue weighted by atomic mass is 10.1. The summed E-state index contributed by atoms with van der Waals surface area (Å²) in [5.74, 6) is 0.315. The van der Waals surface area contributed by atoms with E-state index in [4.69, 9.17) is 0 Å². The molecule has 0 saturated carbocycles. The van der Waals surface area contributed by atoms with Gasteiger partial charge in [-0.25, -0.2) is 0 Å². The molecular weight excluding hydrogens is 378 g/mol. The van der Waals surface area contributed by atoms with E-state index in [1.807, 2.05) is 31.2 Å². The molecule has 5 heteroatoms. The van der Waals surface area contributed by atoms with Crippen LogP contribution in [-0.2, 0) is 0 Å². The third-order valence-corrected chi connectivity index (χ3v) is 4.96. The second-order valence-electron chi connectivity index (χ2n) is 5.92. The minimum Gasteiger partial charge on any atom is -0.506 e.